The molecule has 1 N–H and O–H groups in total. The van der Waals surface area contributed by atoms with Gasteiger partial charge in [0.05, 0.1) is 18.5 Å². The van der Waals surface area contributed by atoms with Crippen LogP contribution >= 0.6 is 0 Å². The van der Waals surface area contributed by atoms with E-state index in [1.54, 1.807) is 11.8 Å². The predicted molar refractivity (Wildman–Crippen MR) is 98.2 cm³/mol. The van der Waals surface area contributed by atoms with Crippen molar-refractivity contribution in [2.24, 2.45) is 0 Å². The van der Waals surface area contributed by atoms with Gasteiger partial charge in [-0.15, -0.1) is 0 Å². The van der Waals surface area contributed by atoms with Crippen molar-refractivity contribution in [2.45, 2.75) is 13.3 Å². The van der Waals surface area contributed by atoms with Gasteiger partial charge in [0.1, 0.15) is 11.4 Å². The molecule has 0 aliphatic heterocycles. The van der Waals surface area contributed by atoms with Crippen LogP contribution in [0.4, 0.5) is 0 Å². The number of ether oxygens (including phenoxy) is 1. The van der Waals surface area contributed by atoms with Crippen molar-refractivity contribution in [3.05, 3.63) is 66.4 Å². The van der Waals surface area contributed by atoms with E-state index in [0.717, 1.165) is 29.1 Å². The van der Waals surface area contributed by atoms with Crippen molar-refractivity contribution in [3.8, 4) is 22.7 Å². The standard InChI is InChI=1S/C20H21N3O2/c1-3-13-21-20(24)19-14-18(15-9-11-17(25-2)12-10-15)22-23(19)16-7-5-4-6-8-16/h4-12,14H,3,13H2,1-2H3,(H,21,24). The van der Waals surface area contributed by atoms with Gasteiger partial charge in [-0.2, -0.15) is 5.10 Å². The molecule has 0 saturated carbocycles. The quantitative estimate of drug-likeness (QED) is 0.747. The Morgan fingerprint density at radius 1 is 1.12 bits per heavy atom. The predicted octanol–water partition coefficient (Wildman–Crippen LogP) is 3.69. The second-order valence-corrected chi connectivity index (χ2v) is 5.65. The van der Waals surface area contributed by atoms with Crippen molar-refractivity contribution < 1.29 is 9.53 Å². The van der Waals surface area contributed by atoms with Crippen LogP contribution in [0.5, 0.6) is 5.75 Å². The number of methoxy groups -OCH3 is 1. The Balaban J connectivity index is 2.02. The Hall–Kier alpha value is -3.08. The van der Waals surface area contributed by atoms with Gasteiger partial charge in [-0.3, -0.25) is 4.79 Å². The molecule has 1 amide bonds. The van der Waals surface area contributed by atoms with E-state index in [2.05, 4.69) is 10.4 Å². The molecule has 5 heteroatoms. The summed E-state index contributed by atoms with van der Waals surface area (Å²) in [5.74, 6) is 0.658. The molecule has 25 heavy (non-hydrogen) atoms. The van der Waals surface area contributed by atoms with Gasteiger partial charge in [-0.05, 0) is 48.9 Å². The first-order valence-corrected chi connectivity index (χ1v) is 8.31. The maximum atomic E-state index is 12.6. The van der Waals surface area contributed by atoms with E-state index in [4.69, 9.17) is 4.74 Å². The minimum atomic E-state index is -0.127. The van der Waals surface area contributed by atoms with Gasteiger partial charge in [0.25, 0.3) is 5.91 Å². The number of carbonyl (C=O) groups is 1. The molecule has 0 unspecified atom stereocenters. The highest BCUT2D eigenvalue weighted by Gasteiger charge is 2.17. The van der Waals surface area contributed by atoms with Crippen LogP contribution in [0.25, 0.3) is 16.9 Å². The second-order valence-electron chi connectivity index (χ2n) is 5.65. The number of aromatic nitrogens is 2. The van der Waals surface area contributed by atoms with E-state index < -0.39 is 0 Å². The lowest BCUT2D eigenvalue weighted by Gasteiger charge is -2.07. The summed E-state index contributed by atoms with van der Waals surface area (Å²) in [6.07, 6.45) is 0.885. The molecule has 0 saturated heterocycles. The van der Waals surface area contributed by atoms with Gasteiger partial charge >= 0.3 is 0 Å². The molecule has 3 aromatic rings. The Labute approximate surface area is 147 Å². The minimum Gasteiger partial charge on any atom is -0.497 e. The lowest BCUT2D eigenvalue weighted by molar-refractivity contribution is 0.0946. The summed E-state index contributed by atoms with van der Waals surface area (Å²) < 4.78 is 6.88. The average Bonchev–Trinajstić information content (AvgIpc) is 3.12. The van der Waals surface area contributed by atoms with Crippen molar-refractivity contribution in [2.75, 3.05) is 13.7 Å². The van der Waals surface area contributed by atoms with Gasteiger partial charge in [0.15, 0.2) is 0 Å². The topological polar surface area (TPSA) is 56.1 Å². The van der Waals surface area contributed by atoms with E-state index in [1.165, 1.54) is 0 Å². The third kappa shape index (κ3) is 3.71. The number of hydrogen-bond acceptors (Lipinski definition) is 3. The molecule has 1 heterocycles. The minimum absolute atomic E-state index is 0.127. The largest absolute Gasteiger partial charge is 0.497 e. The lowest BCUT2D eigenvalue weighted by Crippen LogP contribution is -2.26. The SMILES string of the molecule is CCCNC(=O)c1cc(-c2ccc(OC)cc2)nn1-c1ccccc1. The molecule has 0 fully saturated rings. The fourth-order valence-electron chi connectivity index (χ4n) is 2.54. The summed E-state index contributed by atoms with van der Waals surface area (Å²) in [4.78, 5) is 12.6. The second kappa shape index (κ2) is 7.66. The normalized spacial score (nSPS) is 10.5. The monoisotopic (exact) mass is 335 g/mol. The van der Waals surface area contributed by atoms with Crippen LogP contribution in [-0.4, -0.2) is 29.3 Å². The molecule has 0 spiro atoms. The Morgan fingerprint density at radius 2 is 1.84 bits per heavy atom. The zero-order chi connectivity index (χ0) is 17.6. The highest BCUT2D eigenvalue weighted by molar-refractivity contribution is 5.94. The summed E-state index contributed by atoms with van der Waals surface area (Å²) in [7, 11) is 1.63. The number of benzene rings is 2. The maximum absolute atomic E-state index is 12.6. The molecular formula is C20H21N3O2. The summed E-state index contributed by atoms with van der Waals surface area (Å²) in [6, 6.07) is 19.1. The van der Waals surface area contributed by atoms with Crippen molar-refractivity contribution in [3.63, 3.8) is 0 Å². The van der Waals surface area contributed by atoms with Gasteiger partial charge in [0.2, 0.25) is 0 Å². The number of amides is 1. The van der Waals surface area contributed by atoms with Gasteiger partial charge < -0.3 is 10.1 Å². The van der Waals surface area contributed by atoms with Crippen LogP contribution in [-0.2, 0) is 0 Å². The number of hydrogen-bond donors (Lipinski definition) is 1. The van der Waals surface area contributed by atoms with Crippen LogP contribution in [0.3, 0.4) is 0 Å². The highest BCUT2D eigenvalue weighted by atomic mass is 16.5. The summed E-state index contributed by atoms with van der Waals surface area (Å²) in [6.45, 7) is 2.66. The smallest absolute Gasteiger partial charge is 0.270 e. The number of nitrogens with zero attached hydrogens (tertiary/aromatic N) is 2. The molecule has 0 aliphatic rings. The van der Waals surface area contributed by atoms with E-state index in [-0.39, 0.29) is 5.91 Å². The van der Waals surface area contributed by atoms with Crippen LogP contribution in [0.15, 0.2) is 60.7 Å². The summed E-state index contributed by atoms with van der Waals surface area (Å²) in [5, 5.41) is 7.57. The van der Waals surface area contributed by atoms with E-state index in [1.807, 2.05) is 67.6 Å². The molecule has 5 nitrogen and oxygen atoms in total. The van der Waals surface area contributed by atoms with Gasteiger partial charge in [-0.25, -0.2) is 4.68 Å². The summed E-state index contributed by atoms with van der Waals surface area (Å²) >= 11 is 0. The number of carbonyl (C=O) groups excluding carboxylic acids is 1. The fraction of sp³-hybridized carbons (Fsp3) is 0.200. The van der Waals surface area contributed by atoms with Crippen molar-refractivity contribution in [1.82, 2.24) is 15.1 Å². The first kappa shape index (κ1) is 16.8. The number of para-hydroxylation sites is 1. The van der Waals surface area contributed by atoms with E-state index in [9.17, 15) is 4.79 Å². The molecule has 0 bridgehead atoms. The molecule has 0 radical (unpaired) electrons. The van der Waals surface area contributed by atoms with Crippen LogP contribution in [0.1, 0.15) is 23.8 Å². The highest BCUT2D eigenvalue weighted by Crippen LogP contribution is 2.24. The molecular weight excluding hydrogens is 314 g/mol. The third-order valence-corrected chi connectivity index (χ3v) is 3.86. The first-order valence-electron chi connectivity index (χ1n) is 8.31. The Morgan fingerprint density at radius 3 is 2.48 bits per heavy atom. The summed E-state index contributed by atoms with van der Waals surface area (Å²) in [5.41, 5.74) is 3.04. The van der Waals surface area contributed by atoms with Crippen LogP contribution in [0, 0.1) is 0 Å². The van der Waals surface area contributed by atoms with Crippen molar-refractivity contribution in [1.29, 1.82) is 0 Å². The zero-order valence-electron chi connectivity index (χ0n) is 14.4. The molecule has 0 atom stereocenters. The van der Waals surface area contributed by atoms with E-state index in [0.29, 0.717) is 12.2 Å². The fourth-order valence-corrected chi connectivity index (χ4v) is 2.54. The number of rotatable bonds is 6. The molecule has 1 aromatic heterocycles. The molecule has 3 rings (SSSR count). The number of nitrogens with one attached hydrogen (secondary N) is 1. The van der Waals surface area contributed by atoms with Gasteiger partial charge in [-0.1, -0.05) is 25.1 Å². The first-order chi connectivity index (χ1) is 12.2. The molecule has 0 aliphatic carbocycles. The average molecular weight is 335 g/mol. The lowest BCUT2D eigenvalue weighted by atomic mass is 10.1. The van der Waals surface area contributed by atoms with Crippen LogP contribution < -0.4 is 10.1 Å². The third-order valence-electron chi connectivity index (χ3n) is 3.86. The van der Waals surface area contributed by atoms with Gasteiger partial charge in [0, 0.05) is 12.1 Å². The van der Waals surface area contributed by atoms with Crippen LogP contribution in [0.2, 0.25) is 0 Å². The van der Waals surface area contributed by atoms with Crippen molar-refractivity contribution >= 4 is 5.91 Å². The molecule has 128 valence electrons. The van der Waals surface area contributed by atoms with E-state index >= 15 is 0 Å². The maximum Gasteiger partial charge on any atom is 0.270 e. The molecule has 2 aromatic carbocycles. The Kier molecular flexibility index (Phi) is 5.14. The zero-order valence-corrected chi connectivity index (χ0v) is 14.4. The Bertz CT molecular complexity index is 839.